The molecule has 3 aromatic carbocycles. The number of ether oxygens (including phenoxy) is 1. The Labute approximate surface area is 211 Å². The summed E-state index contributed by atoms with van der Waals surface area (Å²) in [4.78, 5) is 21.5. The van der Waals surface area contributed by atoms with Gasteiger partial charge in [-0.25, -0.2) is 4.39 Å². The molecule has 8 nitrogen and oxygen atoms in total. The molecule has 36 heavy (non-hydrogen) atoms. The van der Waals surface area contributed by atoms with Gasteiger partial charge in [-0.05, 0) is 34.5 Å². The highest BCUT2D eigenvalue weighted by molar-refractivity contribution is 6.35. The van der Waals surface area contributed by atoms with E-state index in [1.165, 1.54) is 13.0 Å². The molecule has 0 radical (unpaired) electrons. The van der Waals surface area contributed by atoms with Crippen molar-refractivity contribution in [1.29, 1.82) is 5.26 Å². The van der Waals surface area contributed by atoms with E-state index in [1.54, 1.807) is 18.2 Å². The number of hydrogen-bond donors (Lipinski definition) is 2. The van der Waals surface area contributed by atoms with Crippen LogP contribution in [0.25, 0.3) is 32.8 Å². The number of nitriles is 1. The predicted molar refractivity (Wildman–Crippen MR) is 137 cm³/mol. The Kier molecular flexibility index (Phi) is 7.78. The van der Waals surface area contributed by atoms with E-state index in [2.05, 4.69) is 15.3 Å². The summed E-state index contributed by atoms with van der Waals surface area (Å²) in [7, 11) is 0. The summed E-state index contributed by atoms with van der Waals surface area (Å²) in [5.41, 5.74) is 0.613. The molecule has 2 heterocycles. The van der Waals surface area contributed by atoms with Gasteiger partial charge in [-0.3, -0.25) is 4.79 Å². The smallest absolute Gasteiger partial charge is 0.319 e. The molecule has 0 unspecified atom stereocenters. The number of phenols is 1. The molecule has 1 aromatic heterocycles. The van der Waals surface area contributed by atoms with Crippen molar-refractivity contribution >= 4 is 45.4 Å². The number of carbonyl (C=O) groups excluding carboxylic acids is 1. The number of hydrogen-bond acceptors (Lipinski definition) is 8. The zero-order valence-corrected chi connectivity index (χ0v) is 20.2. The third-order valence-corrected chi connectivity index (χ3v) is 5.95. The number of aldehydes is 1. The Morgan fingerprint density at radius 2 is 1.94 bits per heavy atom. The average Bonchev–Trinajstić information content (AvgIpc) is 2.88. The van der Waals surface area contributed by atoms with Crippen molar-refractivity contribution in [3.63, 3.8) is 0 Å². The van der Waals surface area contributed by atoms with Crippen LogP contribution in [0.1, 0.15) is 6.92 Å². The molecule has 1 aliphatic heterocycles. The van der Waals surface area contributed by atoms with Crippen LogP contribution in [-0.2, 0) is 4.79 Å². The number of fused-ring (bicyclic) bond motifs is 2. The Morgan fingerprint density at radius 3 is 2.67 bits per heavy atom. The largest absolute Gasteiger partial charge is 0.508 e. The second-order valence-electron chi connectivity index (χ2n) is 7.93. The fourth-order valence-electron chi connectivity index (χ4n) is 4.20. The number of phenolic OH excluding ortho intramolecular Hbond substituents is 1. The molecule has 0 bridgehead atoms. The standard InChI is InChI=1S/C24H20ClFN4O3.C2H3N/c25-19-13-18-22(28-24(33-10-9-31)29-23(18)30-7-5-27-6-8-30)21(26)20(19)17-12-15(32)11-14-3-1-2-4-16(14)17;1-2-3/h1-4,9,11-13,27,32H,5-8,10H2;1H3. The van der Waals surface area contributed by atoms with Crippen molar-refractivity contribution in [2.75, 3.05) is 37.7 Å². The number of anilines is 1. The topological polar surface area (TPSA) is 111 Å². The zero-order chi connectivity index (χ0) is 25.7. The third-order valence-electron chi connectivity index (χ3n) is 5.66. The molecule has 0 amide bonds. The first-order chi connectivity index (χ1) is 17.5. The maximum atomic E-state index is 16.1. The van der Waals surface area contributed by atoms with Crippen molar-refractivity contribution in [2.45, 2.75) is 6.92 Å². The maximum Gasteiger partial charge on any atom is 0.319 e. The average molecular weight is 508 g/mol. The highest BCUT2D eigenvalue weighted by Crippen LogP contribution is 2.42. The number of rotatable bonds is 5. The first-order valence-corrected chi connectivity index (χ1v) is 11.6. The van der Waals surface area contributed by atoms with E-state index < -0.39 is 5.82 Å². The molecule has 2 N–H and O–H groups in total. The van der Waals surface area contributed by atoms with Gasteiger partial charge in [0.15, 0.2) is 12.1 Å². The maximum absolute atomic E-state index is 16.1. The van der Waals surface area contributed by atoms with E-state index in [0.717, 1.165) is 23.9 Å². The van der Waals surface area contributed by atoms with Crippen LogP contribution in [0.4, 0.5) is 10.2 Å². The van der Waals surface area contributed by atoms with Crippen molar-refractivity contribution in [1.82, 2.24) is 15.3 Å². The van der Waals surface area contributed by atoms with Gasteiger partial charge in [0, 0.05) is 44.1 Å². The Balaban J connectivity index is 0.000000967. The van der Waals surface area contributed by atoms with Crippen LogP contribution in [0.3, 0.4) is 0 Å². The number of halogens is 2. The van der Waals surface area contributed by atoms with Gasteiger partial charge < -0.3 is 20.1 Å². The fraction of sp³-hybridized carbons (Fsp3) is 0.231. The number of benzene rings is 3. The Hall–Kier alpha value is -4.00. The highest BCUT2D eigenvalue weighted by atomic mass is 35.5. The Morgan fingerprint density at radius 1 is 1.22 bits per heavy atom. The molecule has 0 atom stereocenters. The summed E-state index contributed by atoms with van der Waals surface area (Å²) in [6.07, 6.45) is 0.584. The van der Waals surface area contributed by atoms with E-state index in [0.29, 0.717) is 36.1 Å². The second kappa shape index (κ2) is 11.2. The quantitative estimate of drug-likeness (QED) is 0.381. The zero-order valence-electron chi connectivity index (χ0n) is 19.5. The Bertz CT molecular complexity index is 1470. The summed E-state index contributed by atoms with van der Waals surface area (Å²) < 4.78 is 21.5. The number of nitrogens with one attached hydrogen (secondary N) is 1. The molecular weight excluding hydrogens is 485 g/mol. The van der Waals surface area contributed by atoms with Gasteiger partial charge in [0.2, 0.25) is 0 Å². The van der Waals surface area contributed by atoms with E-state index in [4.69, 9.17) is 21.6 Å². The highest BCUT2D eigenvalue weighted by Gasteiger charge is 2.24. The predicted octanol–water partition coefficient (Wildman–Crippen LogP) is 4.47. The lowest BCUT2D eigenvalue weighted by Gasteiger charge is -2.29. The summed E-state index contributed by atoms with van der Waals surface area (Å²) >= 11 is 6.64. The molecule has 1 fully saturated rings. The lowest BCUT2D eigenvalue weighted by molar-refractivity contribution is -0.109. The molecule has 10 heteroatoms. The molecule has 184 valence electrons. The van der Waals surface area contributed by atoms with Crippen molar-refractivity contribution in [3.8, 4) is 29.0 Å². The van der Waals surface area contributed by atoms with Crippen LogP contribution in [0.2, 0.25) is 5.02 Å². The number of aromatic hydroxyl groups is 1. The van der Waals surface area contributed by atoms with E-state index >= 15 is 4.39 Å². The molecule has 1 saturated heterocycles. The summed E-state index contributed by atoms with van der Waals surface area (Å²) in [6, 6.07) is 13.8. The van der Waals surface area contributed by atoms with Crippen molar-refractivity contribution < 1.29 is 19.0 Å². The van der Waals surface area contributed by atoms with Crippen LogP contribution in [-0.4, -0.2) is 54.1 Å². The van der Waals surface area contributed by atoms with Gasteiger partial charge in [-0.2, -0.15) is 15.2 Å². The first-order valence-electron chi connectivity index (χ1n) is 11.2. The van der Waals surface area contributed by atoms with Gasteiger partial charge >= 0.3 is 6.01 Å². The number of piperazine rings is 1. The number of carbonyl (C=O) groups is 1. The minimum Gasteiger partial charge on any atom is -0.508 e. The SMILES string of the molecule is CC#N.O=CCOc1nc(N2CCNCC2)c2cc(Cl)c(-c3cc(O)cc4ccccc34)c(F)c2n1. The van der Waals surface area contributed by atoms with Crippen LogP contribution in [0, 0.1) is 17.1 Å². The number of aromatic nitrogens is 2. The fourth-order valence-corrected chi connectivity index (χ4v) is 4.49. The molecule has 0 spiro atoms. The van der Waals surface area contributed by atoms with Crippen LogP contribution < -0.4 is 15.0 Å². The monoisotopic (exact) mass is 507 g/mol. The lowest BCUT2D eigenvalue weighted by atomic mass is 9.96. The van der Waals surface area contributed by atoms with Crippen molar-refractivity contribution in [2.24, 2.45) is 0 Å². The van der Waals surface area contributed by atoms with Gasteiger partial charge in [0.05, 0.1) is 11.1 Å². The molecule has 5 rings (SSSR count). The molecule has 0 saturated carbocycles. The number of nitrogens with zero attached hydrogens (tertiary/aromatic N) is 4. The van der Waals surface area contributed by atoms with Crippen molar-refractivity contribution in [3.05, 3.63) is 53.3 Å². The van der Waals surface area contributed by atoms with Crippen LogP contribution in [0.5, 0.6) is 11.8 Å². The molecule has 1 aliphatic rings. The van der Waals surface area contributed by atoms with Gasteiger partial charge in [-0.1, -0.05) is 35.9 Å². The summed E-state index contributed by atoms with van der Waals surface area (Å²) in [5, 5.41) is 23.0. The van der Waals surface area contributed by atoms with Gasteiger partial charge in [0.25, 0.3) is 0 Å². The van der Waals surface area contributed by atoms with E-state index in [-0.39, 0.29) is 34.5 Å². The van der Waals surface area contributed by atoms with E-state index in [1.807, 2.05) is 29.2 Å². The minimum absolute atomic E-state index is 0.00142. The normalized spacial score (nSPS) is 13.1. The minimum atomic E-state index is -0.650. The summed E-state index contributed by atoms with van der Waals surface area (Å²) in [5.74, 6) is -0.156. The second-order valence-corrected chi connectivity index (χ2v) is 8.33. The molecule has 4 aromatic rings. The molecule has 0 aliphatic carbocycles. The molecular formula is C26H23ClFN5O3. The van der Waals surface area contributed by atoms with Crippen LogP contribution >= 0.6 is 11.6 Å². The third kappa shape index (κ3) is 5.00. The first kappa shape index (κ1) is 25.1. The van der Waals surface area contributed by atoms with Gasteiger partial charge in [0.1, 0.15) is 23.7 Å². The summed E-state index contributed by atoms with van der Waals surface area (Å²) in [6.45, 7) is 4.01. The lowest BCUT2D eigenvalue weighted by Crippen LogP contribution is -2.44. The van der Waals surface area contributed by atoms with Gasteiger partial charge in [-0.15, -0.1) is 0 Å². The van der Waals surface area contributed by atoms with Crippen LogP contribution in [0.15, 0.2) is 42.5 Å². The van der Waals surface area contributed by atoms with E-state index in [9.17, 15) is 9.90 Å².